The fourth-order valence-corrected chi connectivity index (χ4v) is 18.3. The third kappa shape index (κ3) is 18.8. The van der Waals surface area contributed by atoms with E-state index in [1.165, 1.54) is 0 Å². The summed E-state index contributed by atoms with van der Waals surface area (Å²) in [6, 6.07) is 72.7. The molecule has 578 valence electrons. The van der Waals surface area contributed by atoms with Crippen LogP contribution in [0.5, 0.6) is 11.5 Å². The molecule has 6 atom stereocenters. The van der Waals surface area contributed by atoms with E-state index in [4.69, 9.17) is 28.3 Å². The topological polar surface area (TPSA) is 128 Å². The van der Waals surface area contributed by atoms with Crippen LogP contribution in [0, 0.1) is 108 Å². The van der Waals surface area contributed by atoms with Gasteiger partial charge in [0.1, 0.15) is 45.8 Å². The molecule has 4 heterocycles. The molecule has 8 aromatic carbocycles. The van der Waals surface area contributed by atoms with Gasteiger partial charge in [-0.25, -0.2) is 9.97 Å². The number of fused-ring (bicyclic) bond motifs is 3. The van der Waals surface area contributed by atoms with Crippen LogP contribution in [0.1, 0.15) is 196 Å². The van der Waals surface area contributed by atoms with Crippen molar-refractivity contribution in [1.29, 1.82) is 10.5 Å². The number of aromatic nitrogens is 4. The minimum atomic E-state index is -0.636. The van der Waals surface area contributed by atoms with Crippen molar-refractivity contribution in [3.8, 4) is 46.2 Å². The van der Waals surface area contributed by atoms with Crippen molar-refractivity contribution in [2.75, 3.05) is 13.2 Å². The van der Waals surface area contributed by atoms with Crippen molar-refractivity contribution in [3.63, 3.8) is 0 Å². The summed E-state index contributed by atoms with van der Waals surface area (Å²) in [5.74, 6) is 4.41. The molecule has 0 saturated heterocycles. The summed E-state index contributed by atoms with van der Waals surface area (Å²) in [5, 5.41) is 28.2. The highest BCUT2D eigenvalue weighted by molar-refractivity contribution is 6.86. The molecule has 0 saturated carbocycles. The molecule has 0 bridgehead atoms. The zero-order valence-corrected chi connectivity index (χ0v) is 70.5. The van der Waals surface area contributed by atoms with Gasteiger partial charge in [-0.15, -0.1) is 0 Å². The summed E-state index contributed by atoms with van der Waals surface area (Å²) < 4.78 is 33.1. The van der Waals surface area contributed by atoms with E-state index in [0.717, 1.165) is 129 Å². The second-order valence-corrected chi connectivity index (χ2v) is 37.6. The molecule has 0 fully saturated rings. The Hall–Kier alpha value is -10.0. The van der Waals surface area contributed by atoms with Crippen LogP contribution in [0.25, 0.3) is 66.6 Å². The monoisotopic (exact) mass is 1490 g/mol. The molecular weight excluding hydrogens is 1370 g/mol. The molecule has 0 amide bonds. The largest absolute Gasteiger partial charge is 0.493 e. The van der Waals surface area contributed by atoms with Gasteiger partial charge in [0.15, 0.2) is 11.2 Å². The van der Waals surface area contributed by atoms with Crippen LogP contribution in [0.3, 0.4) is 0 Å². The number of hydrogen-bond acceptors (Lipinski definition) is 8. The summed E-state index contributed by atoms with van der Waals surface area (Å²) >= 11 is 0. The first-order valence-corrected chi connectivity index (χ1v) is 41.0. The molecule has 0 aliphatic rings. The van der Waals surface area contributed by atoms with Crippen LogP contribution in [-0.2, 0) is 0 Å². The molecule has 10 nitrogen and oxygen atoms in total. The van der Waals surface area contributed by atoms with E-state index in [9.17, 15) is 10.5 Å². The van der Waals surface area contributed by atoms with Crippen molar-refractivity contribution in [2.24, 2.45) is 57.2 Å². The summed E-state index contributed by atoms with van der Waals surface area (Å²) in [6.45, 7) is 46.4. The number of nitriles is 2. The zero-order valence-electron chi connectivity index (χ0n) is 70.5. The van der Waals surface area contributed by atoms with Crippen LogP contribution in [-0.4, -0.2) is 45.8 Å². The lowest BCUT2D eigenvalue weighted by Crippen LogP contribution is -2.56. The Balaban J connectivity index is 1.25. The van der Waals surface area contributed by atoms with Crippen molar-refractivity contribution in [3.05, 3.63) is 239 Å². The Morgan fingerprint density at radius 2 is 0.688 bits per heavy atom. The lowest BCUT2D eigenvalue weighted by molar-refractivity contribution is 0.147. The maximum absolute atomic E-state index is 12.8. The lowest BCUT2D eigenvalue weighted by Gasteiger charge is -2.31. The highest BCUT2D eigenvalue weighted by atomic mass is 16.5. The number of ether oxygens (including phenoxy) is 2. The second kappa shape index (κ2) is 34.1. The normalized spacial score (nSPS) is 14.5. The van der Waals surface area contributed by atoms with E-state index >= 15 is 0 Å². The van der Waals surface area contributed by atoms with E-state index in [-0.39, 0.29) is 44.6 Å². The molecule has 0 N–H and O–H groups in total. The molecule has 12 aromatic rings. The smallest absolute Gasteiger partial charge is 0.328 e. The van der Waals surface area contributed by atoms with Crippen LogP contribution >= 0.6 is 0 Å². The van der Waals surface area contributed by atoms with Gasteiger partial charge in [0.25, 0.3) is 0 Å². The number of benzene rings is 8. The van der Waals surface area contributed by atoms with Crippen molar-refractivity contribution < 1.29 is 18.3 Å². The van der Waals surface area contributed by atoms with Gasteiger partial charge in [0, 0.05) is 22.2 Å². The third-order valence-corrected chi connectivity index (χ3v) is 23.0. The standard InChI is InChI=1S/C100H118B2N6O4/c1-65(57-97(9,10)11)45-47-75(71(7)59-99(15,16)17)63-109-77-53-49-73(50-54-77)91-89-90(94(80(62-104)96-106-86-42-30-32-44-88(86)112-96)107(91)101(81-37-25-21-33-67(81)3)82-38-26-22-34-68(82)4)92(74-51-55-78(56-52-74)110-64-76(72(8)60-100(18,19)20)48-46-66(2)58-98(12,13)14)108(93(89)79(61-103)95-105-85-41-29-31-43-87(85)111-95)102(83-39-27-23-35-69(83)5)84-40-28-24-36-70(84)6/h21-44,49-56,65-66,71-72,75-76H,45-48,57-60,63-64H2,1-20H3/b93-79-,94-80-. The van der Waals surface area contributed by atoms with E-state index in [2.05, 4.69) is 305 Å². The molecular formula is C100H118B2N6O4. The maximum atomic E-state index is 12.8. The first-order chi connectivity index (χ1) is 53.3. The van der Waals surface area contributed by atoms with Gasteiger partial charge in [-0.05, 0) is 229 Å². The minimum Gasteiger partial charge on any atom is -0.493 e. The van der Waals surface area contributed by atoms with Gasteiger partial charge in [0.05, 0.1) is 23.9 Å². The Morgan fingerprint density at radius 1 is 0.393 bits per heavy atom. The molecule has 0 aliphatic carbocycles. The predicted molar refractivity (Wildman–Crippen MR) is 469 cm³/mol. The fraction of sp³-hybridized carbons (Fsp3) is 0.400. The SMILES string of the molecule is Cc1ccccc1B(c1ccccc1C)n1c(-c2ccc(OCC(CCC(C)CC(C)(C)C)C(C)CC(C)(C)C)cc2)c2/c(=C(\C#N)c3nc4ccccc4o3)n(B(c3ccccc3C)c3ccccc3C)c(-c3ccc(OCC(CCC(C)CC(C)(C)C)C(C)CC(C)(C)C)cc3)c2/c1=C(\C#N)c1nc2ccccc2o1. The first-order valence-electron chi connectivity index (χ1n) is 41.0. The zero-order chi connectivity index (χ0) is 80.1. The summed E-state index contributed by atoms with van der Waals surface area (Å²) in [5.41, 5.74) is 14.8. The predicted octanol–water partition coefficient (Wildman–Crippen LogP) is 21.9. The van der Waals surface area contributed by atoms with Crippen LogP contribution in [0.2, 0.25) is 0 Å². The molecule has 12 heteroatoms. The molecule has 0 radical (unpaired) electrons. The van der Waals surface area contributed by atoms with Gasteiger partial charge >= 0.3 is 13.7 Å². The lowest BCUT2D eigenvalue weighted by atomic mass is 9.48. The summed E-state index contributed by atoms with van der Waals surface area (Å²) in [6.07, 6.45) is 8.85. The number of hydrogen-bond donors (Lipinski definition) is 0. The Labute approximate surface area is 668 Å². The maximum Gasteiger partial charge on any atom is 0.328 e. The minimum absolute atomic E-state index is 0.144. The average Bonchev–Trinajstić information content (AvgIpc) is 1.52. The number of para-hydroxylation sites is 4. The number of nitrogens with zero attached hydrogens (tertiary/aromatic N) is 6. The van der Waals surface area contributed by atoms with Gasteiger partial charge in [-0.2, -0.15) is 10.5 Å². The quantitative estimate of drug-likeness (QED) is 0.0444. The van der Waals surface area contributed by atoms with Crippen molar-refractivity contribution in [1.82, 2.24) is 18.9 Å². The van der Waals surface area contributed by atoms with Crippen LogP contribution in [0.15, 0.2) is 203 Å². The number of aryl methyl sites for hydroxylation is 4. The molecule has 0 aliphatic heterocycles. The van der Waals surface area contributed by atoms with Crippen molar-refractivity contribution in [2.45, 2.75) is 190 Å². The highest BCUT2D eigenvalue weighted by Gasteiger charge is 2.40. The van der Waals surface area contributed by atoms with Crippen molar-refractivity contribution >= 4 is 79.7 Å². The molecule has 6 unspecified atom stereocenters. The summed E-state index contributed by atoms with van der Waals surface area (Å²) in [7, 11) is 0. The highest BCUT2D eigenvalue weighted by Crippen LogP contribution is 2.41. The molecule has 12 rings (SSSR count). The van der Waals surface area contributed by atoms with Crippen LogP contribution < -0.4 is 42.0 Å². The fourth-order valence-electron chi connectivity index (χ4n) is 18.3. The first kappa shape index (κ1) is 81.5. The molecule has 0 spiro atoms. The molecule has 112 heavy (non-hydrogen) atoms. The van der Waals surface area contributed by atoms with E-state index in [1.54, 1.807) is 0 Å². The summed E-state index contributed by atoms with van der Waals surface area (Å²) in [4.78, 5) is 10.6. The Kier molecular flexibility index (Phi) is 24.8. The Bertz CT molecular complexity index is 5000. The van der Waals surface area contributed by atoms with Gasteiger partial charge in [0.2, 0.25) is 11.8 Å². The van der Waals surface area contributed by atoms with Gasteiger partial charge < -0.3 is 27.3 Å². The van der Waals surface area contributed by atoms with Gasteiger partial charge in [-0.3, -0.25) is 0 Å². The van der Waals surface area contributed by atoms with Crippen LogP contribution in [0.4, 0.5) is 0 Å². The molecule has 4 aromatic heterocycles. The second-order valence-electron chi connectivity index (χ2n) is 37.6. The van der Waals surface area contributed by atoms with E-state index in [1.807, 2.05) is 48.5 Å². The van der Waals surface area contributed by atoms with E-state index < -0.39 is 13.7 Å². The third-order valence-electron chi connectivity index (χ3n) is 23.0. The Morgan fingerprint density at radius 3 is 0.973 bits per heavy atom. The number of rotatable bonds is 28. The average molecular weight is 1490 g/mol. The van der Waals surface area contributed by atoms with E-state index in [0.29, 0.717) is 92.4 Å². The van der Waals surface area contributed by atoms with Gasteiger partial charge in [-0.1, -0.05) is 267 Å². The number of oxazole rings is 2.